The van der Waals surface area contributed by atoms with Crippen molar-refractivity contribution in [3.8, 4) is 17.2 Å². The second-order valence-electron chi connectivity index (χ2n) is 8.90. The Bertz CT molecular complexity index is 957. The Morgan fingerprint density at radius 3 is 2.56 bits per heavy atom. The molecule has 0 radical (unpaired) electrons. The molecule has 2 aliphatic rings. The van der Waals surface area contributed by atoms with Gasteiger partial charge in [0.05, 0.1) is 18.6 Å². The minimum atomic E-state index is -0.933. The lowest BCUT2D eigenvalue weighted by Crippen LogP contribution is -2.53. The summed E-state index contributed by atoms with van der Waals surface area (Å²) in [4.78, 5) is 12.1. The number of hydrogen-bond acceptors (Lipinski definition) is 5. The molecular weight excluding hydrogens is 415 g/mol. The van der Waals surface area contributed by atoms with Gasteiger partial charge in [0.1, 0.15) is 41.4 Å². The van der Waals surface area contributed by atoms with Gasteiger partial charge in [-0.3, -0.25) is 4.79 Å². The molecule has 2 heterocycles. The van der Waals surface area contributed by atoms with Crippen LogP contribution in [0.3, 0.4) is 0 Å². The van der Waals surface area contributed by atoms with Gasteiger partial charge in [-0.15, -0.1) is 0 Å². The van der Waals surface area contributed by atoms with Gasteiger partial charge in [0, 0.05) is 11.5 Å². The Balaban J connectivity index is 1.61. The lowest BCUT2D eigenvalue weighted by atomic mass is 9.72. The standard InChI is InChI=1S/C25H29FO6/c1-4-11-29-17-9-10-21-18(12-17)23-20(25(2,3)32-21)13-19(24(27)28)22(31-23)14-30-16-7-5-15(26)6-8-16/h5-10,12,19-20,22-23H,4,11,13-14H2,1-3H3,(H,27,28)/t19-,20-,22-,23+/m0/s1. The van der Waals surface area contributed by atoms with Crippen molar-refractivity contribution < 1.29 is 33.2 Å². The highest BCUT2D eigenvalue weighted by Gasteiger charge is 2.52. The lowest BCUT2D eigenvalue weighted by molar-refractivity contribution is -0.192. The van der Waals surface area contributed by atoms with E-state index in [9.17, 15) is 14.3 Å². The van der Waals surface area contributed by atoms with Gasteiger partial charge in [-0.25, -0.2) is 4.39 Å². The molecule has 7 heteroatoms. The maximum atomic E-state index is 13.2. The summed E-state index contributed by atoms with van der Waals surface area (Å²) < 4.78 is 37.4. The van der Waals surface area contributed by atoms with Crippen LogP contribution in [0.5, 0.6) is 17.2 Å². The van der Waals surface area contributed by atoms with Gasteiger partial charge in [0.15, 0.2) is 0 Å². The second-order valence-corrected chi connectivity index (χ2v) is 8.90. The van der Waals surface area contributed by atoms with Gasteiger partial charge >= 0.3 is 5.97 Å². The van der Waals surface area contributed by atoms with Crippen LogP contribution in [0.4, 0.5) is 4.39 Å². The molecule has 1 saturated heterocycles. The first kappa shape index (κ1) is 22.4. The number of rotatable bonds is 7. The number of hydrogen-bond donors (Lipinski definition) is 1. The molecule has 6 nitrogen and oxygen atoms in total. The number of carboxylic acids is 1. The van der Waals surface area contributed by atoms with Gasteiger partial charge in [0.2, 0.25) is 0 Å². The monoisotopic (exact) mass is 444 g/mol. The molecule has 0 bridgehead atoms. The van der Waals surface area contributed by atoms with Crippen molar-refractivity contribution >= 4 is 5.97 Å². The van der Waals surface area contributed by atoms with Crippen LogP contribution in [0.15, 0.2) is 42.5 Å². The molecular formula is C25H29FO6. The van der Waals surface area contributed by atoms with Crippen LogP contribution >= 0.6 is 0 Å². The van der Waals surface area contributed by atoms with E-state index in [0.717, 1.165) is 17.7 Å². The summed E-state index contributed by atoms with van der Waals surface area (Å²) in [6.45, 7) is 6.63. The van der Waals surface area contributed by atoms with E-state index in [-0.39, 0.29) is 24.4 Å². The molecule has 0 unspecified atom stereocenters. The largest absolute Gasteiger partial charge is 0.494 e. The summed E-state index contributed by atoms with van der Waals surface area (Å²) in [6.07, 6.45) is 0.271. The van der Waals surface area contributed by atoms with Crippen molar-refractivity contribution in [3.63, 3.8) is 0 Å². The molecule has 2 aromatic carbocycles. The van der Waals surface area contributed by atoms with E-state index in [1.807, 2.05) is 39.0 Å². The number of halogens is 1. The van der Waals surface area contributed by atoms with Gasteiger partial charge < -0.3 is 24.1 Å². The third kappa shape index (κ3) is 4.53. The molecule has 4 rings (SSSR count). The van der Waals surface area contributed by atoms with Gasteiger partial charge in [-0.05, 0) is 69.2 Å². The Kier molecular flexibility index (Phi) is 6.29. The Labute approximate surface area is 187 Å². The van der Waals surface area contributed by atoms with Crippen LogP contribution in [0, 0.1) is 17.7 Å². The predicted molar refractivity (Wildman–Crippen MR) is 116 cm³/mol. The van der Waals surface area contributed by atoms with Crippen LogP contribution in [0.1, 0.15) is 45.3 Å². The number of carbonyl (C=O) groups is 1. The zero-order valence-electron chi connectivity index (χ0n) is 18.5. The average Bonchev–Trinajstić information content (AvgIpc) is 2.76. The molecule has 2 aromatic rings. The lowest BCUT2D eigenvalue weighted by Gasteiger charge is -2.50. The molecule has 0 amide bonds. The molecule has 1 fully saturated rings. The molecule has 2 aliphatic heterocycles. The van der Waals surface area contributed by atoms with Gasteiger partial charge in [0.25, 0.3) is 0 Å². The summed E-state index contributed by atoms with van der Waals surface area (Å²) in [6, 6.07) is 11.3. The van der Waals surface area contributed by atoms with Crippen molar-refractivity contribution in [3.05, 3.63) is 53.8 Å². The smallest absolute Gasteiger partial charge is 0.309 e. The van der Waals surface area contributed by atoms with E-state index in [2.05, 4.69) is 0 Å². The first-order chi connectivity index (χ1) is 15.3. The number of benzene rings is 2. The third-order valence-corrected chi connectivity index (χ3v) is 6.22. The Hall–Kier alpha value is -2.80. The molecule has 0 aliphatic carbocycles. The van der Waals surface area contributed by atoms with Gasteiger partial charge in [-0.2, -0.15) is 0 Å². The molecule has 1 N–H and O–H groups in total. The highest BCUT2D eigenvalue weighted by atomic mass is 19.1. The quantitative estimate of drug-likeness (QED) is 0.647. The first-order valence-corrected chi connectivity index (χ1v) is 11.0. The fraction of sp³-hybridized carbons (Fsp3) is 0.480. The summed E-state index contributed by atoms with van der Waals surface area (Å²) >= 11 is 0. The van der Waals surface area contributed by atoms with E-state index in [0.29, 0.717) is 24.5 Å². The zero-order chi connectivity index (χ0) is 22.9. The minimum absolute atomic E-state index is 0.0501. The first-order valence-electron chi connectivity index (χ1n) is 11.0. The van der Waals surface area contributed by atoms with Crippen molar-refractivity contribution in [2.75, 3.05) is 13.2 Å². The van der Waals surface area contributed by atoms with Crippen LogP contribution < -0.4 is 14.2 Å². The molecule has 0 spiro atoms. The molecule has 0 saturated carbocycles. The van der Waals surface area contributed by atoms with E-state index >= 15 is 0 Å². The normalized spacial score (nSPS) is 25.8. The number of aliphatic carboxylic acids is 1. The summed E-state index contributed by atoms with van der Waals surface area (Å²) in [5.41, 5.74) is 0.262. The summed E-state index contributed by atoms with van der Waals surface area (Å²) in [5.74, 6) is -0.287. The van der Waals surface area contributed by atoms with E-state index in [4.69, 9.17) is 18.9 Å². The van der Waals surface area contributed by atoms with Crippen molar-refractivity contribution in [1.29, 1.82) is 0 Å². The average molecular weight is 444 g/mol. The maximum Gasteiger partial charge on any atom is 0.309 e. The zero-order valence-corrected chi connectivity index (χ0v) is 18.5. The van der Waals surface area contributed by atoms with Gasteiger partial charge in [-0.1, -0.05) is 6.92 Å². The number of ether oxygens (including phenoxy) is 4. The van der Waals surface area contributed by atoms with Crippen molar-refractivity contribution in [2.24, 2.45) is 11.8 Å². The molecule has 172 valence electrons. The molecule has 0 aromatic heterocycles. The van der Waals surface area contributed by atoms with Crippen molar-refractivity contribution in [2.45, 2.75) is 51.4 Å². The molecule has 4 atom stereocenters. The maximum absolute atomic E-state index is 13.2. The second kappa shape index (κ2) is 8.98. The fourth-order valence-corrected chi connectivity index (χ4v) is 4.50. The Morgan fingerprint density at radius 2 is 1.88 bits per heavy atom. The fourth-order valence-electron chi connectivity index (χ4n) is 4.50. The predicted octanol–water partition coefficient (Wildman–Crippen LogP) is 5.01. The van der Waals surface area contributed by atoms with E-state index in [1.54, 1.807) is 0 Å². The minimum Gasteiger partial charge on any atom is -0.494 e. The van der Waals surface area contributed by atoms with Crippen LogP contribution in [-0.2, 0) is 9.53 Å². The SMILES string of the molecule is CCCOc1ccc2c(c1)[C@H]1O[C@@H](COc3ccc(F)cc3)[C@@H](C(=O)O)C[C@@H]1C(C)(C)O2. The van der Waals surface area contributed by atoms with Crippen LogP contribution in [-0.4, -0.2) is 36.0 Å². The highest BCUT2D eigenvalue weighted by molar-refractivity contribution is 5.71. The summed E-state index contributed by atoms with van der Waals surface area (Å²) in [5, 5.41) is 9.89. The molecule has 32 heavy (non-hydrogen) atoms. The van der Waals surface area contributed by atoms with Crippen LogP contribution in [0.2, 0.25) is 0 Å². The van der Waals surface area contributed by atoms with E-state index in [1.165, 1.54) is 24.3 Å². The van der Waals surface area contributed by atoms with E-state index < -0.39 is 23.6 Å². The van der Waals surface area contributed by atoms with Crippen LogP contribution in [0.25, 0.3) is 0 Å². The summed E-state index contributed by atoms with van der Waals surface area (Å²) in [7, 11) is 0. The third-order valence-electron chi connectivity index (χ3n) is 6.22. The number of carboxylic acid groups (broad SMARTS) is 1. The Morgan fingerprint density at radius 1 is 1.16 bits per heavy atom. The van der Waals surface area contributed by atoms with Crippen molar-refractivity contribution in [1.82, 2.24) is 0 Å². The number of fused-ring (bicyclic) bond motifs is 3. The highest BCUT2D eigenvalue weighted by Crippen LogP contribution is 2.52. The topological polar surface area (TPSA) is 74.2 Å².